The van der Waals surface area contributed by atoms with E-state index in [0.29, 0.717) is 28.2 Å². The lowest BCUT2D eigenvalue weighted by Gasteiger charge is -2.09. The first kappa shape index (κ1) is 20.5. The van der Waals surface area contributed by atoms with Crippen LogP contribution >= 0.6 is 0 Å². The zero-order chi connectivity index (χ0) is 22.0. The van der Waals surface area contributed by atoms with Crippen molar-refractivity contribution in [3.63, 3.8) is 0 Å². The van der Waals surface area contributed by atoms with Gasteiger partial charge in [0, 0.05) is 16.8 Å². The van der Waals surface area contributed by atoms with Crippen molar-refractivity contribution < 1.29 is 13.2 Å². The van der Waals surface area contributed by atoms with E-state index in [0.717, 1.165) is 11.1 Å². The molecule has 0 radical (unpaired) electrons. The number of sulfonamides is 1. The highest BCUT2D eigenvalue weighted by Crippen LogP contribution is 2.34. The van der Waals surface area contributed by atoms with Crippen molar-refractivity contribution in [2.24, 2.45) is 5.14 Å². The summed E-state index contributed by atoms with van der Waals surface area (Å²) in [6.07, 6.45) is 0. The van der Waals surface area contributed by atoms with Crippen LogP contribution < -0.4 is 10.5 Å². The monoisotopic (exact) mass is 432 g/mol. The van der Waals surface area contributed by atoms with Gasteiger partial charge in [0.25, 0.3) is 5.91 Å². The number of nitrogens with zero attached hydrogens (tertiary/aromatic N) is 1. The first-order valence-corrected chi connectivity index (χ1v) is 11.0. The van der Waals surface area contributed by atoms with Crippen molar-refractivity contribution in [3.05, 3.63) is 90.1 Å². The second-order valence-electron chi connectivity index (χ2n) is 7.08. The smallest absolute Gasteiger partial charge is 0.274 e. The Morgan fingerprint density at radius 2 is 1.52 bits per heavy atom. The number of para-hydroxylation sites is 1. The van der Waals surface area contributed by atoms with Gasteiger partial charge in [-0.25, -0.2) is 13.6 Å². The summed E-state index contributed by atoms with van der Waals surface area (Å²) >= 11 is 0. The number of benzene rings is 3. The fraction of sp³-hybridized carbons (Fsp3) is 0.0435. The van der Waals surface area contributed by atoms with Crippen LogP contribution in [-0.4, -0.2) is 24.5 Å². The lowest BCUT2D eigenvalue weighted by Crippen LogP contribution is -2.13. The number of aryl methyl sites for hydroxylation is 1. The van der Waals surface area contributed by atoms with E-state index >= 15 is 0 Å². The van der Waals surface area contributed by atoms with E-state index in [1.165, 1.54) is 12.1 Å². The largest absolute Gasteiger partial charge is 0.321 e. The number of carbonyl (C=O) groups excluding carboxylic acids is 1. The van der Waals surface area contributed by atoms with Crippen molar-refractivity contribution in [2.45, 2.75) is 11.8 Å². The number of rotatable bonds is 5. The molecule has 0 atom stereocenters. The first-order chi connectivity index (χ1) is 14.8. The van der Waals surface area contributed by atoms with Crippen molar-refractivity contribution in [3.8, 4) is 22.4 Å². The standard InChI is InChI=1S/C23H20N4O3S/c1-15-7-9-16(10-8-15)20-21(17-11-13-19(14-12-17)31(24,29)30)26-27-22(20)23(28)25-18-5-3-2-4-6-18/h2-14H,1H3,(H,25,28)(H,26,27)(H2,24,29,30). The van der Waals surface area contributed by atoms with Gasteiger partial charge in [-0.15, -0.1) is 0 Å². The Morgan fingerprint density at radius 1 is 0.903 bits per heavy atom. The third-order valence-electron chi connectivity index (χ3n) is 4.82. The SMILES string of the molecule is Cc1ccc(-c2c(-c3ccc(S(N)(=O)=O)cc3)n[nH]c2C(=O)Nc2ccccc2)cc1. The van der Waals surface area contributed by atoms with Crippen LogP contribution in [0.25, 0.3) is 22.4 Å². The quantitative estimate of drug-likeness (QED) is 0.442. The van der Waals surface area contributed by atoms with E-state index in [-0.39, 0.29) is 10.8 Å². The van der Waals surface area contributed by atoms with E-state index in [4.69, 9.17) is 5.14 Å². The number of anilines is 1. The van der Waals surface area contributed by atoms with Crippen LogP contribution in [0.3, 0.4) is 0 Å². The molecule has 31 heavy (non-hydrogen) atoms. The summed E-state index contributed by atoms with van der Waals surface area (Å²) in [6, 6.07) is 23.0. The number of nitrogens with one attached hydrogen (secondary N) is 2. The fourth-order valence-electron chi connectivity index (χ4n) is 3.23. The van der Waals surface area contributed by atoms with E-state index < -0.39 is 10.0 Å². The molecule has 8 heteroatoms. The van der Waals surface area contributed by atoms with Gasteiger partial charge in [0.1, 0.15) is 11.4 Å². The molecule has 0 saturated heterocycles. The zero-order valence-corrected chi connectivity index (χ0v) is 17.5. The number of hydrogen-bond acceptors (Lipinski definition) is 4. The maximum absolute atomic E-state index is 13.0. The molecule has 0 aliphatic carbocycles. The Labute approximate surface area is 180 Å². The van der Waals surface area contributed by atoms with Crippen molar-refractivity contribution in [2.75, 3.05) is 5.32 Å². The van der Waals surface area contributed by atoms with Crippen LogP contribution in [0.1, 0.15) is 16.1 Å². The zero-order valence-electron chi connectivity index (χ0n) is 16.7. The molecule has 0 bridgehead atoms. The van der Waals surface area contributed by atoms with Gasteiger partial charge in [-0.3, -0.25) is 9.89 Å². The van der Waals surface area contributed by atoms with E-state index in [1.54, 1.807) is 24.3 Å². The number of nitrogens with two attached hydrogens (primary N) is 1. The minimum absolute atomic E-state index is 0.00529. The third-order valence-corrected chi connectivity index (χ3v) is 5.75. The molecule has 4 aromatic rings. The van der Waals surface area contributed by atoms with Crippen molar-refractivity contribution >= 4 is 21.6 Å². The van der Waals surface area contributed by atoms with E-state index in [9.17, 15) is 13.2 Å². The van der Waals surface area contributed by atoms with Crippen LogP contribution in [-0.2, 0) is 10.0 Å². The van der Waals surface area contributed by atoms with Crippen LogP contribution in [0.4, 0.5) is 5.69 Å². The molecule has 1 amide bonds. The molecule has 0 aliphatic heterocycles. The first-order valence-electron chi connectivity index (χ1n) is 9.48. The van der Waals surface area contributed by atoms with Gasteiger partial charge in [0.05, 0.1) is 4.90 Å². The molecular weight excluding hydrogens is 412 g/mol. The normalized spacial score (nSPS) is 11.3. The number of aromatic amines is 1. The van der Waals surface area contributed by atoms with Gasteiger partial charge in [-0.05, 0) is 36.8 Å². The topological polar surface area (TPSA) is 118 Å². The second-order valence-corrected chi connectivity index (χ2v) is 8.64. The Balaban J connectivity index is 1.80. The Bertz CT molecular complexity index is 1330. The highest BCUT2D eigenvalue weighted by Gasteiger charge is 2.22. The lowest BCUT2D eigenvalue weighted by molar-refractivity contribution is 0.102. The molecule has 1 aromatic heterocycles. The highest BCUT2D eigenvalue weighted by atomic mass is 32.2. The second kappa shape index (κ2) is 8.17. The van der Waals surface area contributed by atoms with Gasteiger partial charge in [0.2, 0.25) is 10.0 Å². The third kappa shape index (κ3) is 4.40. The summed E-state index contributed by atoms with van der Waals surface area (Å²) in [5, 5.41) is 15.3. The number of hydrogen-bond donors (Lipinski definition) is 3. The predicted molar refractivity (Wildman–Crippen MR) is 120 cm³/mol. The molecule has 1 heterocycles. The molecule has 0 saturated carbocycles. The molecular formula is C23H20N4O3S. The van der Waals surface area contributed by atoms with Gasteiger partial charge in [-0.2, -0.15) is 5.10 Å². The molecule has 3 aromatic carbocycles. The van der Waals surface area contributed by atoms with E-state index in [1.807, 2.05) is 49.4 Å². The Morgan fingerprint density at radius 3 is 2.13 bits per heavy atom. The van der Waals surface area contributed by atoms with E-state index in [2.05, 4.69) is 15.5 Å². The number of primary sulfonamides is 1. The number of H-pyrrole nitrogens is 1. The minimum Gasteiger partial charge on any atom is -0.321 e. The van der Waals surface area contributed by atoms with Gasteiger partial charge in [0.15, 0.2) is 0 Å². The average molecular weight is 433 g/mol. The van der Waals surface area contributed by atoms with Gasteiger partial charge < -0.3 is 5.32 Å². The summed E-state index contributed by atoms with van der Waals surface area (Å²) in [4.78, 5) is 13.0. The minimum atomic E-state index is -3.80. The number of aromatic nitrogens is 2. The molecule has 4 N–H and O–H groups in total. The van der Waals surface area contributed by atoms with Gasteiger partial charge >= 0.3 is 0 Å². The van der Waals surface area contributed by atoms with Crippen molar-refractivity contribution in [1.29, 1.82) is 0 Å². The number of carbonyl (C=O) groups is 1. The molecule has 156 valence electrons. The Kier molecular flexibility index (Phi) is 5.41. The molecule has 0 unspecified atom stereocenters. The summed E-state index contributed by atoms with van der Waals surface area (Å²) in [5.41, 5.74) is 4.66. The predicted octanol–water partition coefficient (Wildman–Crippen LogP) is 3.95. The van der Waals surface area contributed by atoms with Crippen LogP contribution in [0.2, 0.25) is 0 Å². The maximum Gasteiger partial charge on any atom is 0.274 e. The summed E-state index contributed by atoms with van der Waals surface area (Å²) in [7, 11) is -3.80. The maximum atomic E-state index is 13.0. The Hall–Kier alpha value is -3.75. The van der Waals surface area contributed by atoms with Crippen LogP contribution in [0.5, 0.6) is 0 Å². The molecule has 0 fully saturated rings. The van der Waals surface area contributed by atoms with Crippen molar-refractivity contribution in [1.82, 2.24) is 10.2 Å². The van der Waals surface area contributed by atoms with Crippen LogP contribution in [0, 0.1) is 6.92 Å². The summed E-state index contributed by atoms with van der Waals surface area (Å²) in [6.45, 7) is 1.98. The molecule has 0 aliphatic rings. The lowest BCUT2D eigenvalue weighted by atomic mass is 9.98. The molecule has 4 rings (SSSR count). The van der Waals surface area contributed by atoms with Gasteiger partial charge in [-0.1, -0.05) is 60.2 Å². The fourth-order valence-corrected chi connectivity index (χ4v) is 3.75. The molecule has 0 spiro atoms. The summed E-state index contributed by atoms with van der Waals surface area (Å²) in [5.74, 6) is -0.332. The van der Waals surface area contributed by atoms with Crippen LogP contribution in [0.15, 0.2) is 83.8 Å². The average Bonchev–Trinajstić information content (AvgIpc) is 3.20. The summed E-state index contributed by atoms with van der Waals surface area (Å²) < 4.78 is 23.1. The number of amides is 1. The molecule has 7 nitrogen and oxygen atoms in total. The highest BCUT2D eigenvalue weighted by molar-refractivity contribution is 7.89.